The van der Waals surface area contributed by atoms with Gasteiger partial charge in [-0.05, 0) is 48.9 Å². The first-order valence-corrected chi connectivity index (χ1v) is 6.83. The molecule has 0 saturated carbocycles. The van der Waals surface area contributed by atoms with Gasteiger partial charge in [-0.1, -0.05) is 0 Å². The summed E-state index contributed by atoms with van der Waals surface area (Å²) in [7, 11) is 1.58. The Hall–Kier alpha value is -2.60. The Morgan fingerprint density at radius 2 is 1.86 bits per heavy atom. The number of aryl methyl sites for hydroxylation is 1. The molecule has 0 spiro atoms. The molecular weight excluding hydrogens is 282 g/mol. The molecule has 0 aromatic heterocycles. The van der Waals surface area contributed by atoms with Gasteiger partial charge in [-0.15, -0.1) is 0 Å². The van der Waals surface area contributed by atoms with Crippen molar-refractivity contribution in [2.75, 3.05) is 26.1 Å². The molecule has 0 amide bonds. The van der Waals surface area contributed by atoms with E-state index in [1.54, 1.807) is 37.4 Å². The van der Waals surface area contributed by atoms with Crippen molar-refractivity contribution < 1.29 is 14.6 Å². The van der Waals surface area contributed by atoms with Crippen molar-refractivity contribution >= 4 is 17.1 Å². The lowest BCUT2D eigenvalue weighted by atomic mass is 10.1. The van der Waals surface area contributed by atoms with Gasteiger partial charge in [0.15, 0.2) is 0 Å². The Morgan fingerprint density at radius 1 is 1.14 bits per heavy atom. The van der Waals surface area contributed by atoms with Gasteiger partial charge >= 0.3 is 0 Å². The highest BCUT2D eigenvalue weighted by molar-refractivity contribution is 5.63. The smallest absolute Gasteiger partial charge is 0.142 e. The fourth-order valence-corrected chi connectivity index (χ4v) is 1.85. The van der Waals surface area contributed by atoms with Gasteiger partial charge in [0.1, 0.15) is 18.1 Å². The van der Waals surface area contributed by atoms with Gasteiger partial charge in [-0.25, -0.2) is 0 Å². The Balaban J connectivity index is 2.13. The maximum atomic E-state index is 8.70. The van der Waals surface area contributed by atoms with E-state index < -0.39 is 0 Å². The third-order valence-electron chi connectivity index (χ3n) is 3.02. The summed E-state index contributed by atoms with van der Waals surface area (Å²) in [5.41, 5.74) is 8.72. The van der Waals surface area contributed by atoms with E-state index in [-0.39, 0.29) is 13.2 Å². The van der Waals surface area contributed by atoms with Crippen LogP contribution in [-0.4, -0.2) is 25.4 Å². The molecule has 0 unspecified atom stereocenters. The summed E-state index contributed by atoms with van der Waals surface area (Å²) in [4.78, 5) is 0. The third-order valence-corrected chi connectivity index (χ3v) is 3.02. The van der Waals surface area contributed by atoms with Crippen LogP contribution in [0.5, 0.6) is 11.5 Å². The first-order valence-electron chi connectivity index (χ1n) is 6.83. The normalized spacial score (nSPS) is 10.9. The first kappa shape index (κ1) is 15.8. The van der Waals surface area contributed by atoms with E-state index in [9.17, 15) is 0 Å². The molecule has 2 aromatic carbocycles. The molecule has 2 rings (SSSR count). The molecule has 6 nitrogen and oxygen atoms in total. The standard InChI is InChI=1S/C16H19N3O3/c1-11-9-16(21-2)14(17)10-15(11)19-18-12-3-5-13(6-4-12)22-8-7-20/h3-6,9-10,20H,7-8,17H2,1-2H3. The molecule has 2 aromatic rings. The van der Waals surface area contributed by atoms with Crippen LogP contribution in [0.4, 0.5) is 17.1 Å². The highest BCUT2D eigenvalue weighted by atomic mass is 16.5. The summed E-state index contributed by atoms with van der Waals surface area (Å²) < 4.78 is 10.4. The van der Waals surface area contributed by atoms with Gasteiger partial charge in [0.2, 0.25) is 0 Å². The van der Waals surface area contributed by atoms with Crippen molar-refractivity contribution in [2.45, 2.75) is 6.92 Å². The van der Waals surface area contributed by atoms with Crippen molar-refractivity contribution in [1.29, 1.82) is 0 Å². The Labute approximate surface area is 129 Å². The number of aliphatic hydroxyl groups excluding tert-OH is 1. The van der Waals surface area contributed by atoms with Crippen LogP contribution in [0.2, 0.25) is 0 Å². The monoisotopic (exact) mass is 301 g/mol. The van der Waals surface area contributed by atoms with Crippen molar-refractivity contribution in [3.63, 3.8) is 0 Å². The van der Waals surface area contributed by atoms with Gasteiger partial charge in [0.25, 0.3) is 0 Å². The number of nitrogen functional groups attached to an aromatic ring is 1. The number of azo groups is 1. The second kappa shape index (κ2) is 7.42. The zero-order valence-corrected chi connectivity index (χ0v) is 12.6. The number of benzene rings is 2. The summed E-state index contributed by atoms with van der Waals surface area (Å²) in [5.74, 6) is 1.31. The largest absolute Gasteiger partial charge is 0.495 e. The van der Waals surface area contributed by atoms with Crippen molar-refractivity contribution in [1.82, 2.24) is 0 Å². The van der Waals surface area contributed by atoms with Crippen LogP contribution in [0.15, 0.2) is 46.6 Å². The Kier molecular flexibility index (Phi) is 5.32. The van der Waals surface area contributed by atoms with Gasteiger partial charge in [-0.2, -0.15) is 10.2 Å². The second-order valence-corrected chi connectivity index (χ2v) is 4.65. The zero-order valence-electron chi connectivity index (χ0n) is 12.6. The fourth-order valence-electron chi connectivity index (χ4n) is 1.85. The quantitative estimate of drug-likeness (QED) is 0.632. The minimum atomic E-state index is -0.0143. The van der Waals surface area contributed by atoms with Crippen LogP contribution in [0.3, 0.4) is 0 Å². The lowest BCUT2D eigenvalue weighted by molar-refractivity contribution is 0.201. The van der Waals surface area contributed by atoms with Crippen LogP contribution in [0, 0.1) is 6.92 Å². The highest BCUT2D eigenvalue weighted by Gasteiger charge is 2.04. The lowest BCUT2D eigenvalue weighted by Gasteiger charge is -2.07. The molecule has 0 bridgehead atoms. The van der Waals surface area contributed by atoms with Crippen LogP contribution in [0.25, 0.3) is 0 Å². The van der Waals surface area contributed by atoms with Crippen LogP contribution in [-0.2, 0) is 0 Å². The molecule has 0 aliphatic heterocycles. The number of rotatable bonds is 6. The van der Waals surface area contributed by atoms with Gasteiger partial charge in [-0.3, -0.25) is 0 Å². The number of methoxy groups -OCH3 is 1. The zero-order chi connectivity index (χ0) is 15.9. The molecule has 0 heterocycles. The third kappa shape index (κ3) is 3.95. The molecule has 0 saturated heterocycles. The first-order chi connectivity index (χ1) is 10.6. The predicted octanol–water partition coefficient (Wildman–Crippen LogP) is 3.37. The van der Waals surface area contributed by atoms with Gasteiger partial charge < -0.3 is 20.3 Å². The van der Waals surface area contributed by atoms with E-state index in [0.717, 1.165) is 5.56 Å². The molecular formula is C16H19N3O3. The Bertz CT molecular complexity index is 654. The topological polar surface area (TPSA) is 89.4 Å². The fraction of sp³-hybridized carbons (Fsp3) is 0.250. The number of hydrogen-bond donors (Lipinski definition) is 2. The van der Waals surface area contributed by atoms with E-state index >= 15 is 0 Å². The number of hydrogen-bond acceptors (Lipinski definition) is 6. The maximum absolute atomic E-state index is 8.70. The highest BCUT2D eigenvalue weighted by Crippen LogP contribution is 2.31. The summed E-state index contributed by atoms with van der Waals surface area (Å²) >= 11 is 0. The van der Waals surface area contributed by atoms with E-state index in [0.29, 0.717) is 28.6 Å². The molecule has 0 atom stereocenters. The average molecular weight is 301 g/mol. The molecule has 6 heteroatoms. The molecule has 116 valence electrons. The second-order valence-electron chi connectivity index (χ2n) is 4.65. The van der Waals surface area contributed by atoms with Crippen molar-refractivity contribution in [2.24, 2.45) is 10.2 Å². The lowest BCUT2D eigenvalue weighted by Crippen LogP contribution is -2.00. The summed E-state index contributed by atoms with van der Waals surface area (Å²) in [5, 5.41) is 17.1. The summed E-state index contributed by atoms with van der Waals surface area (Å²) in [6, 6.07) is 10.7. The Morgan fingerprint density at radius 3 is 2.50 bits per heavy atom. The molecule has 0 fully saturated rings. The molecule has 3 N–H and O–H groups in total. The SMILES string of the molecule is COc1cc(C)c(N=Nc2ccc(OCCO)cc2)cc1N. The number of aliphatic hydroxyl groups is 1. The van der Waals surface area contributed by atoms with Gasteiger partial charge in [0, 0.05) is 0 Å². The van der Waals surface area contributed by atoms with Crippen molar-refractivity contribution in [3.05, 3.63) is 42.0 Å². The minimum absolute atomic E-state index is 0.0143. The number of nitrogens with zero attached hydrogens (tertiary/aromatic N) is 2. The van der Waals surface area contributed by atoms with Crippen molar-refractivity contribution in [3.8, 4) is 11.5 Å². The average Bonchev–Trinajstić information content (AvgIpc) is 2.54. The van der Waals surface area contributed by atoms with Crippen LogP contribution < -0.4 is 15.2 Å². The summed E-state index contributed by atoms with van der Waals surface area (Å²) in [6.07, 6.45) is 0. The van der Waals surface area contributed by atoms with Gasteiger partial charge in [0.05, 0.1) is 30.8 Å². The minimum Gasteiger partial charge on any atom is -0.495 e. The van der Waals surface area contributed by atoms with E-state index in [1.807, 2.05) is 13.0 Å². The summed E-state index contributed by atoms with van der Waals surface area (Å²) in [6.45, 7) is 2.17. The van der Waals surface area contributed by atoms with Crippen LogP contribution in [0.1, 0.15) is 5.56 Å². The maximum Gasteiger partial charge on any atom is 0.142 e. The number of ether oxygens (including phenoxy) is 2. The van der Waals surface area contributed by atoms with E-state index in [4.69, 9.17) is 20.3 Å². The molecule has 0 aliphatic rings. The molecule has 0 radical (unpaired) electrons. The number of nitrogens with two attached hydrogens (primary N) is 1. The molecule has 22 heavy (non-hydrogen) atoms. The number of anilines is 1. The predicted molar refractivity (Wildman–Crippen MR) is 85.3 cm³/mol. The van der Waals surface area contributed by atoms with E-state index in [2.05, 4.69) is 10.2 Å². The van der Waals surface area contributed by atoms with Crippen LogP contribution >= 0.6 is 0 Å². The van der Waals surface area contributed by atoms with E-state index in [1.165, 1.54) is 0 Å². The molecule has 0 aliphatic carbocycles.